The highest BCUT2D eigenvalue weighted by atomic mass is 31.2. The number of amides is 2. The van der Waals surface area contributed by atoms with E-state index in [1.807, 2.05) is 33.8 Å². The molecule has 1 atom stereocenters. The van der Waals surface area contributed by atoms with E-state index in [0.717, 1.165) is 38.8 Å². The second-order valence-electron chi connectivity index (χ2n) is 9.19. The lowest BCUT2D eigenvalue weighted by atomic mass is 10.2. The molecule has 0 spiro atoms. The van der Waals surface area contributed by atoms with Gasteiger partial charge in [-0.2, -0.15) is 0 Å². The molecule has 2 aromatic rings. The van der Waals surface area contributed by atoms with Crippen LogP contribution in [0.1, 0.15) is 48.4 Å². The molecular weight excluding hydrogens is 603 g/mol. The largest absolute Gasteiger partial charge is 0.467 e. The third-order valence-electron chi connectivity index (χ3n) is 5.23. The molecule has 244 valence electrons. The molecule has 12 nitrogen and oxygen atoms in total. The fourth-order valence-corrected chi connectivity index (χ4v) is 4.11. The van der Waals surface area contributed by atoms with E-state index in [9.17, 15) is 28.5 Å². The van der Waals surface area contributed by atoms with E-state index >= 15 is 0 Å². The van der Waals surface area contributed by atoms with Crippen LogP contribution in [0.15, 0.2) is 95.7 Å². The summed E-state index contributed by atoms with van der Waals surface area (Å²) in [6.07, 6.45) is 5.58. The molecule has 2 aromatic carbocycles. The van der Waals surface area contributed by atoms with Gasteiger partial charge in [0, 0.05) is 25.3 Å². The zero-order valence-electron chi connectivity index (χ0n) is 26.7. The van der Waals surface area contributed by atoms with Gasteiger partial charge < -0.3 is 29.2 Å². The third kappa shape index (κ3) is 15.6. The average Bonchev–Trinajstić information content (AvgIpc) is 3.05. The van der Waals surface area contributed by atoms with E-state index in [1.54, 1.807) is 60.7 Å². The Balaban J connectivity index is 0.000000730. The summed E-state index contributed by atoms with van der Waals surface area (Å²) < 4.78 is 30.9. The first kappa shape index (κ1) is 40.4. The van der Waals surface area contributed by atoms with Crippen LogP contribution in [0, 0.1) is 0 Å². The standard InChI is InChI=1S/C15H17NO3.C12H16NO6P.C5H8O/c1-11(2)9-10-13(15(18)19-3)16-14(17)12-7-5-4-6-8-12;1-17-12(15)11(20(16,18-2)19-3)13-10(14)9-7-5-4-6-8-9;1-5(2)3-4-6/h4-10H,1-3H3,(H,16,17);4-8,11H,1-3H3,(H,13,14);3-4H,1-2H3/b13-10-;;. The number of hydrogen-bond acceptors (Lipinski definition) is 10. The lowest BCUT2D eigenvalue weighted by Gasteiger charge is -2.23. The van der Waals surface area contributed by atoms with Gasteiger partial charge in [0.05, 0.1) is 14.2 Å². The number of ether oxygens (including phenoxy) is 2. The Bertz CT molecular complexity index is 1390. The molecule has 2 N–H and O–H groups in total. The molecule has 0 fully saturated rings. The van der Waals surface area contributed by atoms with Crippen molar-refractivity contribution in [2.24, 2.45) is 0 Å². The Kier molecular flexibility index (Phi) is 19.7. The summed E-state index contributed by atoms with van der Waals surface area (Å²) in [5, 5.41) is 4.84. The minimum Gasteiger partial charge on any atom is -0.467 e. The average molecular weight is 645 g/mol. The molecule has 13 heteroatoms. The highest BCUT2D eigenvalue weighted by Gasteiger charge is 2.42. The number of hydrogen-bond donors (Lipinski definition) is 2. The predicted molar refractivity (Wildman–Crippen MR) is 170 cm³/mol. The maximum absolute atomic E-state index is 12.3. The van der Waals surface area contributed by atoms with Crippen molar-refractivity contribution in [1.82, 2.24) is 10.6 Å². The second-order valence-corrected chi connectivity index (χ2v) is 11.5. The van der Waals surface area contributed by atoms with E-state index in [0.29, 0.717) is 11.1 Å². The smallest absolute Gasteiger partial charge is 0.363 e. The summed E-state index contributed by atoms with van der Waals surface area (Å²) in [4.78, 5) is 56.7. The Hall–Kier alpha value is -4.64. The SMILES string of the molecule is CC(C)=CC=O.COC(=O)/C(=C/C=C(C)C)NC(=O)c1ccccc1.COC(=O)C(NC(=O)c1ccccc1)P(=O)(OC)OC. The van der Waals surface area contributed by atoms with Crippen LogP contribution in [0.25, 0.3) is 0 Å². The van der Waals surface area contributed by atoms with Crippen molar-refractivity contribution in [3.8, 4) is 0 Å². The Labute approximate surface area is 264 Å². The van der Waals surface area contributed by atoms with Gasteiger partial charge in [0.15, 0.2) is 0 Å². The number of nitrogens with one attached hydrogen (secondary N) is 2. The van der Waals surface area contributed by atoms with Gasteiger partial charge in [0.25, 0.3) is 11.8 Å². The summed E-state index contributed by atoms with van der Waals surface area (Å²) in [6.45, 7) is 7.55. The number of carbonyl (C=O) groups excluding carboxylic acids is 5. The van der Waals surface area contributed by atoms with Crippen molar-refractivity contribution >= 4 is 37.6 Å². The molecule has 0 bridgehead atoms. The molecule has 0 heterocycles. The highest BCUT2D eigenvalue weighted by molar-refractivity contribution is 7.55. The van der Waals surface area contributed by atoms with E-state index in [4.69, 9.17) is 9.05 Å². The van der Waals surface area contributed by atoms with Gasteiger partial charge in [-0.3, -0.25) is 18.9 Å². The van der Waals surface area contributed by atoms with Gasteiger partial charge in [0.1, 0.15) is 12.0 Å². The van der Waals surface area contributed by atoms with Gasteiger partial charge in [-0.05, 0) is 64.1 Å². The fraction of sp³-hybridized carbons (Fsp3) is 0.281. The zero-order valence-corrected chi connectivity index (χ0v) is 27.6. The Morgan fingerprint density at radius 2 is 1.16 bits per heavy atom. The zero-order chi connectivity index (χ0) is 34.4. The lowest BCUT2D eigenvalue weighted by Crippen LogP contribution is -2.42. The van der Waals surface area contributed by atoms with Crippen LogP contribution in [-0.4, -0.2) is 64.3 Å². The summed E-state index contributed by atoms with van der Waals surface area (Å²) in [6, 6.07) is 16.8. The minimum absolute atomic E-state index is 0.109. The van der Waals surface area contributed by atoms with E-state index in [-0.39, 0.29) is 11.6 Å². The molecule has 0 saturated carbocycles. The normalized spacial score (nSPS) is 11.0. The topological polar surface area (TPSA) is 163 Å². The van der Waals surface area contributed by atoms with Crippen molar-refractivity contribution < 1.29 is 47.1 Å². The molecule has 0 aliphatic heterocycles. The molecule has 2 rings (SSSR count). The van der Waals surface area contributed by atoms with Gasteiger partial charge >= 0.3 is 19.5 Å². The monoisotopic (exact) mass is 644 g/mol. The second kappa shape index (κ2) is 22.0. The molecule has 0 saturated heterocycles. The number of esters is 2. The minimum atomic E-state index is -3.84. The van der Waals surface area contributed by atoms with Gasteiger partial charge in [-0.25, -0.2) is 9.59 Å². The first-order valence-electron chi connectivity index (χ1n) is 13.3. The molecule has 2 amide bonds. The van der Waals surface area contributed by atoms with E-state index < -0.39 is 31.2 Å². The maximum Gasteiger partial charge on any atom is 0.363 e. The third-order valence-corrected chi connectivity index (χ3v) is 7.22. The van der Waals surface area contributed by atoms with Crippen LogP contribution in [0.5, 0.6) is 0 Å². The summed E-state index contributed by atoms with van der Waals surface area (Å²) in [5.41, 5.74) is 2.95. The summed E-state index contributed by atoms with van der Waals surface area (Å²) in [7, 11) is 0.777. The number of methoxy groups -OCH3 is 2. The van der Waals surface area contributed by atoms with Crippen LogP contribution in [0.3, 0.4) is 0 Å². The molecule has 0 aromatic heterocycles. The molecule has 0 radical (unpaired) electrons. The van der Waals surface area contributed by atoms with Crippen molar-refractivity contribution in [2.75, 3.05) is 28.4 Å². The number of carbonyl (C=O) groups is 5. The molecule has 45 heavy (non-hydrogen) atoms. The van der Waals surface area contributed by atoms with Gasteiger partial charge in [-0.15, -0.1) is 0 Å². The van der Waals surface area contributed by atoms with Crippen LogP contribution in [0.2, 0.25) is 0 Å². The quantitative estimate of drug-likeness (QED) is 0.112. The van der Waals surface area contributed by atoms with Crippen molar-refractivity contribution in [2.45, 2.75) is 33.5 Å². The van der Waals surface area contributed by atoms with Gasteiger partial charge in [-0.1, -0.05) is 53.6 Å². The van der Waals surface area contributed by atoms with E-state index in [1.165, 1.54) is 19.3 Å². The molecule has 1 unspecified atom stereocenters. The van der Waals surface area contributed by atoms with Crippen molar-refractivity contribution in [1.29, 1.82) is 0 Å². The van der Waals surface area contributed by atoms with Crippen molar-refractivity contribution in [3.63, 3.8) is 0 Å². The van der Waals surface area contributed by atoms with Crippen LogP contribution >= 0.6 is 7.60 Å². The van der Waals surface area contributed by atoms with Gasteiger partial charge in [0.2, 0.25) is 5.78 Å². The number of allylic oxidation sites excluding steroid dienone is 5. The van der Waals surface area contributed by atoms with Crippen LogP contribution in [0.4, 0.5) is 0 Å². The Morgan fingerprint density at radius 1 is 0.689 bits per heavy atom. The summed E-state index contributed by atoms with van der Waals surface area (Å²) >= 11 is 0. The fourth-order valence-electron chi connectivity index (χ4n) is 2.90. The van der Waals surface area contributed by atoms with Crippen LogP contribution in [-0.2, 0) is 37.5 Å². The van der Waals surface area contributed by atoms with Crippen LogP contribution < -0.4 is 10.6 Å². The summed E-state index contributed by atoms with van der Waals surface area (Å²) in [5.74, 6) is -3.96. The number of benzene rings is 2. The maximum atomic E-state index is 12.3. The highest BCUT2D eigenvalue weighted by Crippen LogP contribution is 2.50. The molecule has 0 aliphatic rings. The molecular formula is C32H41N2O10P. The predicted octanol–water partition coefficient (Wildman–Crippen LogP) is 4.99. The first-order chi connectivity index (χ1) is 21.3. The molecule has 0 aliphatic carbocycles. The number of aldehydes is 1. The van der Waals surface area contributed by atoms with Crippen molar-refractivity contribution in [3.05, 3.63) is 107 Å². The van der Waals surface area contributed by atoms with E-state index in [2.05, 4.69) is 20.1 Å². The number of rotatable bonds is 11. The first-order valence-corrected chi connectivity index (χ1v) is 14.9. The lowest BCUT2D eigenvalue weighted by molar-refractivity contribution is -0.141. The Morgan fingerprint density at radius 3 is 1.51 bits per heavy atom.